The minimum absolute atomic E-state index is 0.134. The molecule has 3 rings (SSSR count). The molecule has 0 bridgehead atoms. The molecule has 8 heteroatoms. The minimum Gasteiger partial charge on any atom is -0.504 e. The fraction of sp³-hybridized carbons (Fsp3) is 0.118. The molecule has 0 aromatic heterocycles. The Morgan fingerprint density at radius 2 is 1.88 bits per heavy atom. The number of benzene rings is 2. The maximum atomic E-state index is 11.5. The Labute approximate surface area is 143 Å². The van der Waals surface area contributed by atoms with Gasteiger partial charge in [0.05, 0.1) is 17.8 Å². The van der Waals surface area contributed by atoms with Gasteiger partial charge in [0.1, 0.15) is 6.61 Å². The normalized spacial score (nSPS) is 13.5. The SMILES string of the molecule is N/C(=C\N(N)Cc1cc(O)c(O)c(O)c1)c1ccc2c(c1)COC2=O. The molecular formula is C17H17N3O5. The molecule has 0 atom stereocenters. The average Bonchev–Trinajstić information content (AvgIpc) is 2.93. The van der Waals surface area contributed by atoms with E-state index in [2.05, 4.69) is 0 Å². The van der Waals surface area contributed by atoms with Crippen LogP contribution in [0.3, 0.4) is 0 Å². The van der Waals surface area contributed by atoms with Gasteiger partial charge in [-0.15, -0.1) is 0 Å². The molecule has 7 N–H and O–H groups in total. The highest BCUT2D eigenvalue weighted by atomic mass is 16.5. The van der Waals surface area contributed by atoms with Crippen LogP contribution in [0.1, 0.15) is 27.0 Å². The van der Waals surface area contributed by atoms with E-state index in [0.717, 1.165) is 5.56 Å². The highest BCUT2D eigenvalue weighted by Gasteiger charge is 2.21. The highest BCUT2D eigenvalue weighted by Crippen LogP contribution is 2.35. The third-order valence-electron chi connectivity index (χ3n) is 3.82. The van der Waals surface area contributed by atoms with Crippen molar-refractivity contribution in [1.29, 1.82) is 0 Å². The van der Waals surface area contributed by atoms with Gasteiger partial charge in [-0.3, -0.25) is 0 Å². The van der Waals surface area contributed by atoms with Crippen LogP contribution in [-0.2, 0) is 17.9 Å². The monoisotopic (exact) mass is 343 g/mol. The Bertz CT molecular complexity index is 856. The van der Waals surface area contributed by atoms with Gasteiger partial charge >= 0.3 is 5.97 Å². The van der Waals surface area contributed by atoms with Gasteiger partial charge in [0.15, 0.2) is 17.2 Å². The molecule has 0 radical (unpaired) electrons. The number of nitrogens with zero attached hydrogens (tertiary/aromatic N) is 1. The molecular weight excluding hydrogens is 326 g/mol. The summed E-state index contributed by atoms with van der Waals surface area (Å²) >= 11 is 0. The van der Waals surface area contributed by atoms with E-state index in [1.54, 1.807) is 18.2 Å². The van der Waals surface area contributed by atoms with Gasteiger partial charge in [-0.2, -0.15) is 0 Å². The molecule has 0 aliphatic carbocycles. The number of aromatic hydroxyl groups is 3. The Balaban J connectivity index is 1.77. The second-order valence-electron chi connectivity index (χ2n) is 5.69. The first-order valence-electron chi connectivity index (χ1n) is 7.38. The lowest BCUT2D eigenvalue weighted by Gasteiger charge is -2.16. The van der Waals surface area contributed by atoms with Gasteiger partial charge in [0.2, 0.25) is 0 Å². The average molecular weight is 343 g/mol. The predicted octanol–water partition coefficient (Wildman–Crippen LogP) is 1.11. The fourth-order valence-corrected chi connectivity index (χ4v) is 2.57. The number of hydrogen-bond acceptors (Lipinski definition) is 8. The smallest absolute Gasteiger partial charge is 0.338 e. The number of phenols is 3. The first kappa shape index (κ1) is 16.5. The second kappa shape index (κ2) is 6.25. The number of fused-ring (bicyclic) bond motifs is 1. The zero-order valence-electron chi connectivity index (χ0n) is 13.1. The zero-order valence-corrected chi connectivity index (χ0v) is 13.1. The lowest BCUT2D eigenvalue weighted by atomic mass is 10.0. The Morgan fingerprint density at radius 1 is 1.20 bits per heavy atom. The molecule has 1 aliphatic rings. The van der Waals surface area contributed by atoms with Gasteiger partial charge in [-0.1, -0.05) is 6.07 Å². The molecule has 25 heavy (non-hydrogen) atoms. The van der Waals surface area contributed by atoms with E-state index in [-0.39, 0.29) is 19.1 Å². The lowest BCUT2D eigenvalue weighted by molar-refractivity contribution is 0.0535. The van der Waals surface area contributed by atoms with Crippen LogP contribution in [0.25, 0.3) is 5.70 Å². The maximum absolute atomic E-state index is 11.5. The van der Waals surface area contributed by atoms with Gasteiger partial charge in [0.25, 0.3) is 0 Å². The van der Waals surface area contributed by atoms with E-state index in [0.29, 0.717) is 22.4 Å². The van der Waals surface area contributed by atoms with Crippen LogP contribution in [0.4, 0.5) is 0 Å². The Kier molecular flexibility index (Phi) is 4.12. The van der Waals surface area contributed by atoms with E-state index in [4.69, 9.17) is 16.3 Å². The highest BCUT2D eigenvalue weighted by molar-refractivity contribution is 5.93. The van der Waals surface area contributed by atoms with Crippen LogP contribution in [-0.4, -0.2) is 26.3 Å². The molecule has 0 spiro atoms. The van der Waals surface area contributed by atoms with Crippen LogP contribution in [0.15, 0.2) is 36.5 Å². The topological polar surface area (TPSA) is 142 Å². The predicted molar refractivity (Wildman–Crippen MR) is 88.9 cm³/mol. The Morgan fingerprint density at radius 3 is 2.56 bits per heavy atom. The van der Waals surface area contributed by atoms with Crippen molar-refractivity contribution in [2.45, 2.75) is 13.2 Å². The van der Waals surface area contributed by atoms with Gasteiger partial charge in [0, 0.05) is 11.8 Å². The minimum atomic E-state index is -0.586. The number of ether oxygens (including phenoxy) is 1. The summed E-state index contributed by atoms with van der Waals surface area (Å²) in [5, 5.41) is 29.6. The second-order valence-corrected chi connectivity index (χ2v) is 5.69. The fourth-order valence-electron chi connectivity index (χ4n) is 2.57. The summed E-state index contributed by atoms with van der Waals surface area (Å²) < 4.78 is 4.95. The lowest BCUT2D eigenvalue weighted by Crippen LogP contribution is -2.25. The van der Waals surface area contributed by atoms with Gasteiger partial charge in [-0.05, 0) is 35.4 Å². The largest absolute Gasteiger partial charge is 0.504 e. The van der Waals surface area contributed by atoms with Crippen molar-refractivity contribution >= 4 is 11.7 Å². The first-order chi connectivity index (χ1) is 11.8. The summed E-state index contributed by atoms with van der Waals surface area (Å²) in [6, 6.07) is 7.69. The maximum Gasteiger partial charge on any atom is 0.338 e. The quantitative estimate of drug-likeness (QED) is 0.240. The number of hydrogen-bond donors (Lipinski definition) is 5. The van der Waals surface area contributed by atoms with Crippen molar-refractivity contribution in [1.82, 2.24) is 5.01 Å². The molecule has 2 aromatic carbocycles. The van der Waals surface area contributed by atoms with E-state index >= 15 is 0 Å². The zero-order chi connectivity index (χ0) is 18.1. The third-order valence-corrected chi connectivity index (χ3v) is 3.82. The van der Waals surface area contributed by atoms with Crippen molar-refractivity contribution in [3.8, 4) is 17.2 Å². The molecule has 0 amide bonds. The molecule has 0 unspecified atom stereocenters. The molecule has 8 nitrogen and oxygen atoms in total. The molecule has 1 aliphatic heterocycles. The van der Waals surface area contributed by atoms with Crippen molar-refractivity contribution in [2.24, 2.45) is 11.6 Å². The van der Waals surface area contributed by atoms with Crippen LogP contribution < -0.4 is 11.6 Å². The molecule has 0 saturated carbocycles. The molecule has 0 fully saturated rings. The number of carbonyl (C=O) groups is 1. The van der Waals surface area contributed by atoms with Crippen molar-refractivity contribution < 1.29 is 24.9 Å². The summed E-state index contributed by atoms with van der Waals surface area (Å²) in [6.07, 6.45) is 1.49. The standard InChI is InChI=1S/C17H17N3O5/c18-13(10-1-2-12-11(5-10)8-25-17(12)24)7-20(19)6-9-3-14(21)16(23)15(22)4-9/h1-5,7,21-23H,6,8,18-19H2/b13-7-. The van der Waals surface area contributed by atoms with E-state index in [9.17, 15) is 20.1 Å². The van der Waals surface area contributed by atoms with Gasteiger partial charge in [-0.25, -0.2) is 10.6 Å². The summed E-state index contributed by atoms with van der Waals surface area (Å²) in [7, 11) is 0. The summed E-state index contributed by atoms with van der Waals surface area (Å²) in [5.41, 5.74) is 8.86. The van der Waals surface area contributed by atoms with Gasteiger partial charge < -0.3 is 30.8 Å². The summed E-state index contributed by atoms with van der Waals surface area (Å²) in [5.74, 6) is 4.07. The summed E-state index contributed by atoms with van der Waals surface area (Å²) in [6.45, 7) is 0.350. The number of rotatable bonds is 4. The number of phenolic OH excluding ortho intramolecular Hbond substituents is 3. The van der Waals surface area contributed by atoms with E-state index < -0.39 is 17.2 Å². The third kappa shape index (κ3) is 3.29. The molecule has 130 valence electrons. The Hall–Kier alpha value is -3.39. The van der Waals surface area contributed by atoms with Crippen LogP contribution >= 0.6 is 0 Å². The summed E-state index contributed by atoms with van der Waals surface area (Å²) in [4.78, 5) is 11.5. The number of carbonyl (C=O) groups excluding carboxylic acids is 1. The van der Waals surface area contributed by atoms with E-state index in [1.807, 2.05) is 0 Å². The van der Waals surface area contributed by atoms with Crippen LogP contribution in [0.2, 0.25) is 0 Å². The van der Waals surface area contributed by atoms with E-state index in [1.165, 1.54) is 23.3 Å². The first-order valence-corrected chi connectivity index (χ1v) is 7.38. The number of cyclic esters (lactones) is 1. The molecule has 0 saturated heterocycles. The van der Waals surface area contributed by atoms with Crippen molar-refractivity contribution in [2.75, 3.05) is 0 Å². The number of hydrazine groups is 1. The van der Waals surface area contributed by atoms with Crippen LogP contribution in [0, 0.1) is 0 Å². The number of esters is 1. The van der Waals surface area contributed by atoms with Crippen LogP contribution in [0.5, 0.6) is 17.2 Å². The molecule has 2 aromatic rings. The number of nitrogens with two attached hydrogens (primary N) is 2. The molecule has 1 heterocycles. The van der Waals surface area contributed by atoms with Crippen molar-refractivity contribution in [3.63, 3.8) is 0 Å². The van der Waals surface area contributed by atoms with Crippen molar-refractivity contribution in [3.05, 3.63) is 58.8 Å².